The van der Waals surface area contributed by atoms with Crippen LogP contribution in [0.3, 0.4) is 0 Å². The topological polar surface area (TPSA) is 49.9 Å². The summed E-state index contributed by atoms with van der Waals surface area (Å²) in [5, 5.41) is 0. The van der Waals surface area contributed by atoms with Crippen molar-refractivity contribution in [2.75, 3.05) is 37.7 Å². The number of benzene rings is 1. The molecule has 0 atom stereocenters. The van der Waals surface area contributed by atoms with Crippen LogP contribution in [0.1, 0.15) is 31.9 Å². The second kappa shape index (κ2) is 7.34. The van der Waals surface area contributed by atoms with Crippen LogP contribution in [0.25, 0.3) is 0 Å². The molecule has 2 rings (SSSR count). The predicted molar refractivity (Wildman–Crippen MR) is 95.1 cm³/mol. The maximum Gasteiger partial charge on any atom is 0.242 e. The molecule has 0 spiro atoms. The van der Waals surface area contributed by atoms with E-state index in [2.05, 4.69) is 6.07 Å². The Morgan fingerprint density at radius 2 is 1.62 bits per heavy atom. The van der Waals surface area contributed by atoms with Crippen molar-refractivity contribution in [3.05, 3.63) is 29.3 Å². The first-order valence-corrected chi connectivity index (χ1v) is 8.44. The van der Waals surface area contributed by atoms with Crippen LogP contribution in [0.4, 0.5) is 5.69 Å². The number of carbonyl (C=O) groups excluding carboxylic acids is 2. The Morgan fingerprint density at radius 3 is 2.12 bits per heavy atom. The van der Waals surface area contributed by atoms with Gasteiger partial charge in [-0.1, -0.05) is 26.8 Å². The van der Waals surface area contributed by atoms with Crippen molar-refractivity contribution >= 4 is 17.5 Å². The fraction of sp³-hybridized carbons (Fsp3) is 0.579. The van der Waals surface area contributed by atoms with Crippen LogP contribution >= 0.6 is 0 Å². The summed E-state index contributed by atoms with van der Waals surface area (Å²) in [6.45, 7) is 12.0. The number of carbonyl (C=O) groups is 2. The van der Waals surface area contributed by atoms with Crippen LogP contribution in [0, 0.1) is 19.3 Å². The predicted octanol–water partition coefficient (Wildman–Crippen LogP) is 2.54. The van der Waals surface area contributed by atoms with E-state index < -0.39 is 5.41 Å². The van der Waals surface area contributed by atoms with E-state index in [1.54, 1.807) is 9.80 Å². The first kappa shape index (κ1) is 18.5. The highest BCUT2D eigenvalue weighted by atomic mass is 16.5. The molecule has 1 aliphatic rings. The number of aryl methyl sites for hydroxylation is 2. The van der Waals surface area contributed by atoms with E-state index >= 15 is 0 Å². The average molecular weight is 332 g/mol. The molecule has 1 aliphatic heterocycles. The third-order valence-electron chi connectivity index (χ3n) is 4.06. The summed E-state index contributed by atoms with van der Waals surface area (Å²) in [5.41, 5.74) is 2.39. The Morgan fingerprint density at radius 1 is 1.08 bits per heavy atom. The van der Waals surface area contributed by atoms with Crippen LogP contribution in [0.15, 0.2) is 18.2 Å². The molecule has 132 valence electrons. The number of morpholine rings is 1. The molecular formula is C19H28N2O3. The molecule has 1 aromatic carbocycles. The fourth-order valence-electron chi connectivity index (χ4n) is 2.84. The van der Waals surface area contributed by atoms with Gasteiger partial charge in [0, 0.05) is 24.2 Å². The first-order valence-electron chi connectivity index (χ1n) is 8.44. The number of anilines is 1. The zero-order valence-corrected chi connectivity index (χ0v) is 15.4. The Kier molecular flexibility index (Phi) is 5.65. The lowest BCUT2D eigenvalue weighted by Gasteiger charge is -2.33. The van der Waals surface area contributed by atoms with E-state index in [0.29, 0.717) is 26.3 Å². The van der Waals surface area contributed by atoms with E-state index in [1.807, 2.05) is 46.8 Å². The summed E-state index contributed by atoms with van der Waals surface area (Å²) in [6, 6.07) is 5.99. The Balaban J connectivity index is 2.28. The van der Waals surface area contributed by atoms with Crippen molar-refractivity contribution in [1.82, 2.24) is 4.90 Å². The van der Waals surface area contributed by atoms with Crippen molar-refractivity contribution in [3.63, 3.8) is 0 Å². The third kappa shape index (κ3) is 4.57. The molecule has 0 bridgehead atoms. The van der Waals surface area contributed by atoms with Gasteiger partial charge < -0.3 is 14.5 Å². The normalized spacial score (nSPS) is 15.3. The van der Waals surface area contributed by atoms with Gasteiger partial charge in [0.1, 0.15) is 6.54 Å². The van der Waals surface area contributed by atoms with E-state index in [1.165, 1.54) is 0 Å². The Hall–Kier alpha value is -1.88. The highest BCUT2D eigenvalue weighted by Crippen LogP contribution is 2.25. The van der Waals surface area contributed by atoms with Gasteiger partial charge in [-0.3, -0.25) is 9.59 Å². The van der Waals surface area contributed by atoms with Gasteiger partial charge in [-0.15, -0.1) is 0 Å². The molecule has 0 saturated carbocycles. The minimum atomic E-state index is -0.553. The second-order valence-electron chi connectivity index (χ2n) is 7.48. The third-order valence-corrected chi connectivity index (χ3v) is 4.06. The molecule has 0 unspecified atom stereocenters. The molecule has 1 fully saturated rings. The molecule has 1 heterocycles. The number of ether oxygens (including phenoxy) is 1. The molecule has 0 aliphatic carbocycles. The lowest BCUT2D eigenvalue weighted by atomic mass is 9.94. The van der Waals surface area contributed by atoms with Crippen LogP contribution in [0.2, 0.25) is 0 Å². The molecule has 1 aromatic rings. The molecule has 24 heavy (non-hydrogen) atoms. The molecule has 0 radical (unpaired) electrons. The second-order valence-corrected chi connectivity index (χ2v) is 7.48. The van der Waals surface area contributed by atoms with Gasteiger partial charge in [-0.25, -0.2) is 0 Å². The summed E-state index contributed by atoms with van der Waals surface area (Å²) < 4.78 is 5.30. The van der Waals surface area contributed by atoms with Gasteiger partial charge in [0.25, 0.3) is 0 Å². The molecule has 5 heteroatoms. The SMILES string of the molecule is Cc1cc(C)cc(N(CC(=O)N2CCOCC2)C(=O)C(C)(C)C)c1. The van der Waals surface area contributed by atoms with Crippen LogP contribution in [-0.4, -0.2) is 49.6 Å². The van der Waals surface area contributed by atoms with Crippen molar-refractivity contribution in [2.24, 2.45) is 5.41 Å². The molecule has 1 saturated heterocycles. The first-order chi connectivity index (χ1) is 11.2. The van der Waals surface area contributed by atoms with Gasteiger partial charge in [-0.2, -0.15) is 0 Å². The minimum Gasteiger partial charge on any atom is -0.378 e. The van der Waals surface area contributed by atoms with Crippen molar-refractivity contribution in [2.45, 2.75) is 34.6 Å². The maximum absolute atomic E-state index is 12.9. The lowest BCUT2D eigenvalue weighted by Crippen LogP contribution is -2.49. The standard InChI is InChI=1S/C19H28N2O3/c1-14-10-15(2)12-16(11-14)21(18(23)19(3,4)5)13-17(22)20-6-8-24-9-7-20/h10-12H,6-9,13H2,1-5H3. The lowest BCUT2D eigenvalue weighted by molar-refractivity contribution is -0.136. The number of hydrogen-bond donors (Lipinski definition) is 0. The van der Waals surface area contributed by atoms with Gasteiger partial charge in [-0.05, 0) is 37.1 Å². The fourth-order valence-corrected chi connectivity index (χ4v) is 2.84. The zero-order valence-electron chi connectivity index (χ0n) is 15.4. The molecular weight excluding hydrogens is 304 g/mol. The summed E-state index contributed by atoms with van der Waals surface area (Å²) in [6.07, 6.45) is 0. The van der Waals surface area contributed by atoms with Gasteiger partial charge in [0.15, 0.2) is 0 Å². The number of hydrogen-bond acceptors (Lipinski definition) is 3. The maximum atomic E-state index is 12.9. The number of amides is 2. The minimum absolute atomic E-state index is 0.0324. The van der Waals surface area contributed by atoms with Crippen molar-refractivity contribution in [3.8, 4) is 0 Å². The smallest absolute Gasteiger partial charge is 0.242 e. The molecule has 0 N–H and O–H groups in total. The van der Waals surface area contributed by atoms with E-state index in [0.717, 1.165) is 16.8 Å². The van der Waals surface area contributed by atoms with E-state index in [4.69, 9.17) is 4.74 Å². The van der Waals surface area contributed by atoms with E-state index in [9.17, 15) is 9.59 Å². The monoisotopic (exact) mass is 332 g/mol. The van der Waals surface area contributed by atoms with Gasteiger partial charge >= 0.3 is 0 Å². The molecule has 2 amide bonds. The largest absolute Gasteiger partial charge is 0.378 e. The van der Waals surface area contributed by atoms with Gasteiger partial charge in [0.05, 0.1) is 13.2 Å². The van der Waals surface area contributed by atoms with Crippen LogP contribution in [-0.2, 0) is 14.3 Å². The summed E-state index contributed by atoms with van der Waals surface area (Å²) in [7, 11) is 0. The van der Waals surface area contributed by atoms with Crippen LogP contribution in [0.5, 0.6) is 0 Å². The molecule has 0 aromatic heterocycles. The quantitative estimate of drug-likeness (QED) is 0.855. The summed E-state index contributed by atoms with van der Waals surface area (Å²) in [5.74, 6) is -0.0795. The van der Waals surface area contributed by atoms with Gasteiger partial charge in [0.2, 0.25) is 11.8 Å². The zero-order chi connectivity index (χ0) is 17.9. The van der Waals surface area contributed by atoms with Crippen molar-refractivity contribution < 1.29 is 14.3 Å². The average Bonchev–Trinajstić information content (AvgIpc) is 2.50. The number of nitrogens with zero attached hydrogens (tertiary/aromatic N) is 2. The molecule has 5 nitrogen and oxygen atoms in total. The van der Waals surface area contributed by atoms with Crippen LogP contribution < -0.4 is 4.90 Å². The Bertz CT molecular complexity index is 593. The number of rotatable bonds is 3. The van der Waals surface area contributed by atoms with E-state index in [-0.39, 0.29) is 18.4 Å². The highest BCUT2D eigenvalue weighted by Gasteiger charge is 2.31. The van der Waals surface area contributed by atoms with Crippen molar-refractivity contribution in [1.29, 1.82) is 0 Å². The summed E-state index contributed by atoms with van der Waals surface area (Å²) >= 11 is 0. The highest BCUT2D eigenvalue weighted by molar-refractivity contribution is 6.01. The Labute approximate surface area is 144 Å². The summed E-state index contributed by atoms with van der Waals surface area (Å²) in [4.78, 5) is 29.0.